The average Bonchev–Trinajstić information content (AvgIpc) is 2.76. The lowest BCUT2D eigenvalue weighted by molar-refractivity contribution is -0.0631. The van der Waals surface area contributed by atoms with Crippen LogP contribution in [0.25, 0.3) is 0 Å². The highest BCUT2D eigenvalue weighted by atomic mass is 16.7. The second-order valence-electron chi connectivity index (χ2n) is 3.63. The molecule has 1 atom stereocenters. The lowest BCUT2D eigenvalue weighted by Gasteiger charge is -2.14. The third kappa shape index (κ3) is 2.72. The summed E-state index contributed by atoms with van der Waals surface area (Å²) in [5.74, 6) is 0. The lowest BCUT2D eigenvalue weighted by Crippen LogP contribution is -2.32. The van der Waals surface area contributed by atoms with Gasteiger partial charge in [-0.1, -0.05) is 6.07 Å². The number of nitriles is 1. The smallest absolute Gasteiger partial charge is 0.345 e. The Kier molecular flexibility index (Phi) is 3.23. The van der Waals surface area contributed by atoms with Gasteiger partial charge < -0.3 is 10.4 Å². The van der Waals surface area contributed by atoms with Gasteiger partial charge in [0.15, 0.2) is 0 Å². The van der Waals surface area contributed by atoms with E-state index in [0.29, 0.717) is 11.3 Å². The van der Waals surface area contributed by atoms with Crippen LogP contribution >= 0.6 is 0 Å². The normalized spacial score (nSPS) is 18.8. The Bertz CT molecular complexity index is 469. The minimum atomic E-state index is -0.647. The zero-order valence-corrected chi connectivity index (χ0v) is 8.96. The van der Waals surface area contributed by atoms with Crippen molar-refractivity contribution < 1.29 is 14.7 Å². The van der Waals surface area contributed by atoms with Gasteiger partial charge in [0.2, 0.25) is 0 Å². The number of aliphatic hydroxyl groups is 1. The van der Waals surface area contributed by atoms with Crippen molar-refractivity contribution in [3.63, 3.8) is 0 Å². The SMILES string of the molecule is N#Cc1cccc(NC(=O)N2C[C@H](O)CO2)c1. The number of amides is 2. The molecule has 6 heteroatoms. The van der Waals surface area contributed by atoms with Crippen molar-refractivity contribution in [3.8, 4) is 6.07 Å². The summed E-state index contributed by atoms with van der Waals surface area (Å²) in [7, 11) is 0. The van der Waals surface area contributed by atoms with Gasteiger partial charge in [-0.15, -0.1) is 0 Å². The van der Waals surface area contributed by atoms with Crippen LogP contribution in [-0.4, -0.2) is 35.5 Å². The Balaban J connectivity index is 2.01. The van der Waals surface area contributed by atoms with Crippen LogP contribution in [0.1, 0.15) is 5.56 Å². The first kappa shape index (κ1) is 11.4. The number of carbonyl (C=O) groups excluding carboxylic acids is 1. The van der Waals surface area contributed by atoms with Crippen molar-refractivity contribution >= 4 is 11.7 Å². The number of β-amino-alcohol motifs (C(OH)–C–C–N with tert-alkyl or cyclic N) is 1. The van der Waals surface area contributed by atoms with Gasteiger partial charge in [-0.05, 0) is 18.2 Å². The van der Waals surface area contributed by atoms with Gasteiger partial charge in [0.1, 0.15) is 12.7 Å². The number of nitrogens with zero attached hydrogens (tertiary/aromatic N) is 2. The highest BCUT2D eigenvalue weighted by molar-refractivity contribution is 5.88. The average molecular weight is 233 g/mol. The third-order valence-corrected chi connectivity index (χ3v) is 2.27. The first-order chi connectivity index (χ1) is 8.19. The molecule has 1 fully saturated rings. The maximum atomic E-state index is 11.7. The number of carbonyl (C=O) groups is 1. The number of rotatable bonds is 1. The van der Waals surface area contributed by atoms with Crippen LogP contribution in [0.15, 0.2) is 24.3 Å². The molecule has 1 aromatic rings. The van der Waals surface area contributed by atoms with Crippen LogP contribution in [0.4, 0.5) is 10.5 Å². The van der Waals surface area contributed by atoms with Crippen molar-refractivity contribution in [3.05, 3.63) is 29.8 Å². The van der Waals surface area contributed by atoms with Gasteiger partial charge in [-0.25, -0.2) is 9.86 Å². The molecule has 2 amide bonds. The Morgan fingerprint density at radius 1 is 1.65 bits per heavy atom. The summed E-state index contributed by atoms with van der Waals surface area (Å²) in [4.78, 5) is 16.6. The third-order valence-electron chi connectivity index (χ3n) is 2.27. The van der Waals surface area contributed by atoms with E-state index in [1.165, 1.54) is 0 Å². The fourth-order valence-corrected chi connectivity index (χ4v) is 1.47. The monoisotopic (exact) mass is 233 g/mol. The summed E-state index contributed by atoms with van der Waals surface area (Å²) in [5, 5.41) is 21.6. The molecule has 6 nitrogen and oxygen atoms in total. The molecular weight excluding hydrogens is 222 g/mol. The number of hydrogen-bond acceptors (Lipinski definition) is 4. The largest absolute Gasteiger partial charge is 0.389 e. The van der Waals surface area contributed by atoms with E-state index >= 15 is 0 Å². The summed E-state index contributed by atoms with van der Waals surface area (Å²) in [5.41, 5.74) is 0.976. The summed E-state index contributed by atoms with van der Waals surface area (Å²) in [6.45, 7) is 0.259. The molecule has 1 aliphatic rings. The van der Waals surface area contributed by atoms with E-state index in [2.05, 4.69) is 5.32 Å². The zero-order valence-electron chi connectivity index (χ0n) is 8.96. The van der Waals surface area contributed by atoms with E-state index in [1.807, 2.05) is 6.07 Å². The van der Waals surface area contributed by atoms with Crippen LogP contribution < -0.4 is 5.32 Å². The fourth-order valence-electron chi connectivity index (χ4n) is 1.47. The van der Waals surface area contributed by atoms with Gasteiger partial charge in [-0.3, -0.25) is 4.84 Å². The van der Waals surface area contributed by atoms with Crippen molar-refractivity contribution in [1.82, 2.24) is 5.06 Å². The highest BCUT2D eigenvalue weighted by Crippen LogP contribution is 2.12. The van der Waals surface area contributed by atoms with E-state index in [0.717, 1.165) is 5.06 Å². The zero-order chi connectivity index (χ0) is 12.3. The van der Waals surface area contributed by atoms with Gasteiger partial charge in [0.05, 0.1) is 18.2 Å². The molecule has 0 aromatic heterocycles. The number of hydrogen-bond donors (Lipinski definition) is 2. The van der Waals surface area contributed by atoms with Crippen LogP contribution in [0, 0.1) is 11.3 Å². The quantitative estimate of drug-likeness (QED) is 0.747. The van der Waals surface area contributed by atoms with Gasteiger partial charge in [0.25, 0.3) is 0 Å². The predicted molar refractivity (Wildman–Crippen MR) is 58.8 cm³/mol. The molecule has 0 radical (unpaired) electrons. The fraction of sp³-hybridized carbons (Fsp3) is 0.273. The van der Waals surface area contributed by atoms with Gasteiger partial charge in [-0.2, -0.15) is 5.26 Å². The van der Waals surface area contributed by atoms with E-state index in [9.17, 15) is 9.90 Å². The van der Waals surface area contributed by atoms with Crippen LogP contribution in [0.2, 0.25) is 0 Å². The molecule has 0 saturated carbocycles. The molecule has 1 heterocycles. The predicted octanol–water partition coefficient (Wildman–Crippen LogP) is 0.698. The second kappa shape index (κ2) is 4.82. The number of anilines is 1. The second-order valence-corrected chi connectivity index (χ2v) is 3.63. The summed E-state index contributed by atoms with van der Waals surface area (Å²) in [6.07, 6.45) is -0.647. The van der Waals surface area contributed by atoms with Gasteiger partial charge >= 0.3 is 6.03 Å². The van der Waals surface area contributed by atoms with Crippen LogP contribution in [0.5, 0.6) is 0 Å². The Hall–Kier alpha value is -2.10. The first-order valence-corrected chi connectivity index (χ1v) is 5.08. The molecule has 17 heavy (non-hydrogen) atoms. The Morgan fingerprint density at radius 2 is 2.47 bits per heavy atom. The van der Waals surface area contributed by atoms with E-state index in [-0.39, 0.29) is 13.2 Å². The first-order valence-electron chi connectivity index (χ1n) is 5.08. The molecule has 0 aliphatic carbocycles. The van der Waals surface area contributed by atoms with E-state index < -0.39 is 12.1 Å². The Morgan fingerprint density at radius 3 is 3.12 bits per heavy atom. The minimum absolute atomic E-state index is 0.117. The highest BCUT2D eigenvalue weighted by Gasteiger charge is 2.26. The lowest BCUT2D eigenvalue weighted by atomic mass is 10.2. The topological polar surface area (TPSA) is 85.6 Å². The Labute approximate surface area is 98.0 Å². The molecule has 1 aromatic carbocycles. The summed E-state index contributed by atoms with van der Waals surface area (Å²) in [6, 6.07) is 8.07. The van der Waals surface area contributed by atoms with Crippen molar-refractivity contribution in [2.45, 2.75) is 6.10 Å². The van der Waals surface area contributed by atoms with Crippen molar-refractivity contribution in [1.29, 1.82) is 5.26 Å². The summed E-state index contributed by atoms with van der Waals surface area (Å²) < 4.78 is 0. The van der Waals surface area contributed by atoms with Crippen molar-refractivity contribution in [2.75, 3.05) is 18.5 Å². The maximum absolute atomic E-state index is 11.7. The molecule has 0 bridgehead atoms. The minimum Gasteiger partial charge on any atom is -0.389 e. The molecule has 88 valence electrons. The molecule has 0 spiro atoms. The van der Waals surface area contributed by atoms with Crippen LogP contribution in [0.3, 0.4) is 0 Å². The number of hydroxylamine groups is 2. The molecule has 2 rings (SSSR count). The maximum Gasteiger partial charge on any atom is 0.345 e. The van der Waals surface area contributed by atoms with Crippen LogP contribution in [-0.2, 0) is 4.84 Å². The van der Waals surface area contributed by atoms with E-state index in [1.54, 1.807) is 24.3 Å². The summed E-state index contributed by atoms with van der Waals surface area (Å²) >= 11 is 0. The number of aliphatic hydroxyl groups excluding tert-OH is 1. The molecule has 2 N–H and O–H groups in total. The molecule has 0 unspecified atom stereocenters. The number of benzene rings is 1. The molecule has 1 aliphatic heterocycles. The van der Waals surface area contributed by atoms with E-state index in [4.69, 9.17) is 10.1 Å². The standard InChI is InChI=1S/C11H11N3O3/c12-5-8-2-1-3-9(4-8)13-11(16)14-6-10(15)7-17-14/h1-4,10,15H,6-7H2,(H,13,16)/t10-/m0/s1. The number of nitrogens with one attached hydrogen (secondary N) is 1. The number of urea groups is 1. The molecule has 1 saturated heterocycles. The van der Waals surface area contributed by atoms with Crippen molar-refractivity contribution in [2.24, 2.45) is 0 Å². The van der Waals surface area contributed by atoms with Gasteiger partial charge in [0, 0.05) is 5.69 Å². The molecular formula is C11H11N3O3.